The molecule has 0 fully saturated rings. The summed E-state index contributed by atoms with van der Waals surface area (Å²) in [6, 6.07) is 9.94. The van der Waals surface area contributed by atoms with Crippen LogP contribution in [-0.2, 0) is 16.1 Å². The largest absolute Gasteiger partial charge is 0.444 e. The van der Waals surface area contributed by atoms with E-state index in [0.29, 0.717) is 26.2 Å². The number of nitrogens with two attached hydrogens (primary N) is 2. The first-order valence-electron chi connectivity index (χ1n) is 6.73. The highest BCUT2D eigenvalue weighted by molar-refractivity contribution is 5.65. The smallest absolute Gasteiger partial charge is 0.405 e. The summed E-state index contributed by atoms with van der Waals surface area (Å²) in [5.74, 6) is 0.119. The summed E-state index contributed by atoms with van der Waals surface area (Å²) in [4.78, 5) is 10.8. The van der Waals surface area contributed by atoms with E-state index in [-0.39, 0.29) is 5.92 Å². The molecule has 0 aromatic heterocycles. The van der Waals surface area contributed by atoms with Gasteiger partial charge in [-0.1, -0.05) is 30.3 Å². The normalized spacial score (nSPS) is 12.9. The molecule has 0 aliphatic rings. The van der Waals surface area contributed by atoms with E-state index in [2.05, 4.69) is 0 Å². The van der Waals surface area contributed by atoms with E-state index in [1.54, 1.807) is 0 Å². The second-order valence-electron chi connectivity index (χ2n) is 5.49. The van der Waals surface area contributed by atoms with Crippen molar-refractivity contribution in [1.29, 1.82) is 0 Å². The summed E-state index contributed by atoms with van der Waals surface area (Å²) in [6.45, 7) is 5.18. The van der Waals surface area contributed by atoms with Crippen molar-refractivity contribution in [2.75, 3.05) is 13.2 Å². The third-order valence-electron chi connectivity index (χ3n) is 2.96. The lowest BCUT2D eigenvalue weighted by atomic mass is 9.94. The molecule has 5 nitrogen and oxygen atoms in total. The van der Waals surface area contributed by atoms with Crippen LogP contribution in [0.15, 0.2) is 30.3 Å². The Labute approximate surface area is 120 Å². The molecule has 0 heterocycles. The fourth-order valence-corrected chi connectivity index (χ4v) is 2.14. The number of amides is 1. The molecule has 4 N–H and O–H groups in total. The van der Waals surface area contributed by atoms with Gasteiger partial charge in [-0.15, -0.1) is 0 Å². The van der Waals surface area contributed by atoms with Gasteiger partial charge in [0.25, 0.3) is 0 Å². The molecule has 0 radical (unpaired) electrons. The SMILES string of the molecule is CC(C)(CC(CN)COCc1ccccc1)OC(N)=O. The van der Waals surface area contributed by atoms with Crippen molar-refractivity contribution >= 4 is 6.09 Å². The van der Waals surface area contributed by atoms with Crippen LogP contribution in [0, 0.1) is 5.92 Å². The minimum absolute atomic E-state index is 0.119. The maximum atomic E-state index is 10.8. The average molecular weight is 280 g/mol. The Bertz CT molecular complexity index is 407. The Morgan fingerprint density at radius 3 is 2.50 bits per heavy atom. The molecule has 0 bridgehead atoms. The number of rotatable bonds is 8. The lowest BCUT2D eigenvalue weighted by Crippen LogP contribution is -2.36. The van der Waals surface area contributed by atoms with Crippen molar-refractivity contribution in [2.24, 2.45) is 17.4 Å². The number of carbonyl (C=O) groups excluding carboxylic acids is 1. The summed E-state index contributed by atoms with van der Waals surface area (Å²) in [5.41, 5.74) is 11.3. The van der Waals surface area contributed by atoms with E-state index in [1.165, 1.54) is 0 Å². The predicted molar refractivity (Wildman–Crippen MR) is 78.0 cm³/mol. The van der Waals surface area contributed by atoms with Gasteiger partial charge < -0.3 is 20.9 Å². The van der Waals surface area contributed by atoms with Crippen LogP contribution in [0.1, 0.15) is 25.8 Å². The molecule has 1 rings (SSSR count). The molecule has 0 saturated heterocycles. The zero-order valence-electron chi connectivity index (χ0n) is 12.2. The maximum Gasteiger partial charge on any atom is 0.405 e. The minimum Gasteiger partial charge on any atom is -0.444 e. The molecule has 0 aliphatic heterocycles. The first-order chi connectivity index (χ1) is 9.43. The van der Waals surface area contributed by atoms with Gasteiger partial charge in [-0.25, -0.2) is 4.79 Å². The van der Waals surface area contributed by atoms with Gasteiger partial charge in [-0.2, -0.15) is 0 Å². The van der Waals surface area contributed by atoms with Crippen LogP contribution in [0.2, 0.25) is 0 Å². The predicted octanol–water partition coefficient (Wildman–Crippen LogP) is 2.04. The number of ether oxygens (including phenoxy) is 2. The molecule has 20 heavy (non-hydrogen) atoms. The standard InChI is InChI=1S/C15H24N2O3/c1-15(2,20-14(17)18)8-13(9-16)11-19-10-12-6-4-3-5-7-12/h3-7,13H,8-11,16H2,1-2H3,(H2,17,18). The Kier molecular flexibility index (Phi) is 6.48. The Morgan fingerprint density at radius 1 is 1.30 bits per heavy atom. The zero-order valence-corrected chi connectivity index (χ0v) is 12.2. The van der Waals surface area contributed by atoms with Crippen molar-refractivity contribution in [3.05, 3.63) is 35.9 Å². The molecule has 1 amide bonds. The molecular weight excluding hydrogens is 256 g/mol. The first-order valence-corrected chi connectivity index (χ1v) is 6.73. The van der Waals surface area contributed by atoms with Gasteiger partial charge >= 0.3 is 6.09 Å². The topological polar surface area (TPSA) is 87.6 Å². The Hall–Kier alpha value is -1.59. The second kappa shape index (κ2) is 7.87. The number of primary amides is 1. The van der Waals surface area contributed by atoms with Crippen LogP contribution in [0.25, 0.3) is 0 Å². The van der Waals surface area contributed by atoms with E-state index in [0.717, 1.165) is 5.56 Å². The molecule has 1 unspecified atom stereocenters. The van der Waals surface area contributed by atoms with Gasteiger partial charge in [-0.3, -0.25) is 0 Å². The Balaban J connectivity index is 2.37. The van der Waals surface area contributed by atoms with Gasteiger partial charge in [-0.05, 0) is 38.3 Å². The highest BCUT2D eigenvalue weighted by Crippen LogP contribution is 2.20. The van der Waals surface area contributed by atoms with Crippen molar-refractivity contribution < 1.29 is 14.3 Å². The fraction of sp³-hybridized carbons (Fsp3) is 0.533. The van der Waals surface area contributed by atoms with Crippen molar-refractivity contribution in [1.82, 2.24) is 0 Å². The molecule has 5 heteroatoms. The summed E-state index contributed by atoms with van der Waals surface area (Å²) in [5, 5.41) is 0. The molecular formula is C15H24N2O3. The van der Waals surface area contributed by atoms with Crippen LogP contribution in [0.3, 0.4) is 0 Å². The van der Waals surface area contributed by atoms with Crippen LogP contribution in [0.4, 0.5) is 4.79 Å². The van der Waals surface area contributed by atoms with Crippen molar-refractivity contribution in [2.45, 2.75) is 32.5 Å². The number of carbonyl (C=O) groups is 1. The number of benzene rings is 1. The summed E-state index contributed by atoms with van der Waals surface area (Å²) < 4.78 is 10.7. The van der Waals surface area contributed by atoms with E-state index < -0.39 is 11.7 Å². The second-order valence-corrected chi connectivity index (χ2v) is 5.49. The van der Waals surface area contributed by atoms with Crippen molar-refractivity contribution in [3.63, 3.8) is 0 Å². The first kappa shape index (κ1) is 16.5. The van der Waals surface area contributed by atoms with Crippen LogP contribution in [0.5, 0.6) is 0 Å². The highest BCUT2D eigenvalue weighted by Gasteiger charge is 2.26. The molecule has 0 aliphatic carbocycles. The third-order valence-corrected chi connectivity index (χ3v) is 2.96. The lowest BCUT2D eigenvalue weighted by molar-refractivity contribution is 0.00718. The van der Waals surface area contributed by atoms with E-state index >= 15 is 0 Å². The van der Waals surface area contributed by atoms with Gasteiger partial charge in [0.05, 0.1) is 13.2 Å². The average Bonchev–Trinajstić information content (AvgIpc) is 2.37. The van der Waals surface area contributed by atoms with Gasteiger partial charge in [0.15, 0.2) is 0 Å². The maximum absolute atomic E-state index is 10.8. The molecule has 1 aromatic carbocycles. The van der Waals surface area contributed by atoms with Gasteiger partial charge in [0.2, 0.25) is 0 Å². The fourth-order valence-electron chi connectivity index (χ4n) is 2.14. The lowest BCUT2D eigenvalue weighted by Gasteiger charge is -2.28. The monoisotopic (exact) mass is 280 g/mol. The number of hydrogen-bond acceptors (Lipinski definition) is 4. The third kappa shape index (κ3) is 6.54. The minimum atomic E-state index is -0.768. The zero-order chi connectivity index (χ0) is 15.0. The molecule has 1 atom stereocenters. The molecule has 0 spiro atoms. The van der Waals surface area contributed by atoms with E-state index in [9.17, 15) is 4.79 Å². The Morgan fingerprint density at radius 2 is 1.95 bits per heavy atom. The summed E-state index contributed by atoms with van der Waals surface area (Å²) >= 11 is 0. The highest BCUT2D eigenvalue weighted by atomic mass is 16.6. The quantitative estimate of drug-likeness (QED) is 0.762. The van der Waals surface area contributed by atoms with Crippen molar-refractivity contribution in [3.8, 4) is 0 Å². The summed E-state index contributed by atoms with van der Waals surface area (Å²) in [6.07, 6.45) is -0.155. The number of hydrogen-bond donors (Lipinski definition) is 2. The molecule has 112 valence electrons. The van der Waals surface area contributed by atoms with Crippen LogP contribution >= 0.6 is 0 Å². The van der Waals surface area contributed by atoms with Gasteiger partial charge in [0.1, 0.15) is 5.60 Å². The molecule has 1 aromatic rings. The van der Waals surface area contributed by atoms with E-state index in [1.807, 2.05) is 44.2 Å². The molecule has 0 saturated carbocycles. The van der Waals surface area contributed by atoms with Gasteiger partial charge in [0, 0.05) is 0 Å². The van der Waals surface area contributed by atoms with E-state index in [4.69, 9.17) is 20.9 Å². The summed E-state index contributed by atoms with van der Waals surface area (Å²) in [7, 11) is 0. The van der Waals surface area contributed by atoms with Crippen LogP contribution < -0.4 is 11.5 Å². The van der Waals surface area contributed by atoms with Crippen LogP contribution in [-0.4, -0.2) is 24.8 Å².